The summed E-state index contributed by atoms with van der Waals surface area (Å²) in [6, 6.07) is 6.23. The molecule has 0 bridgehead atoms. The van der Waals surface area contributed by atoms with Gasteiger partial charge in [-0.05, 0) is 30.5 Å². The normalized spacial score (nSPS) is 10.9. The number of ether oxygens (including phenoxy) is 1. The van der Waals surface area contributed by atoms with E-state index >= 15 is 0 Å². The van der Waals surface area contributed by atoms with Gasteiger partial charge in [0, 0.05) is 20.2 Å². The number of nitrogens with zero attached hydrogens (tertiary/aromatic N) is 1. The van der Waals surface area contributed by atoms with Crippen molar-refractivity contribution in [2.75, 3.05) is 37.4 Å². The Kier molecular flexibility index (Phi) is 5.29. The average molecular weight is 236 g/mol. The second-order valence-electron chi connectivity index (χ2n) is 4.89. The quantitative estimate of drug-likeness (QED) is 0.772. The number of methoxy groups -OCH3 is 1. The zero-order chi connectivity index (χ0) is 12.8. The van der Waals surface area contributed by atoms with Gasteiger partial charge >= 0.3 is 0 Å². The summed E-state index contributed by atoms with van der Waals surface area (Å²) in [5, 5.41) is 0. The van der Waals surface area contributed by atoms with Crippen LogP contribution in [0, 0.1) is 12.8 Å². The summed E-state index contributed by atoms with van der Waals surface area (Å²) in [6.45, 7) is 9.08. The first-order chi connectivity index (χ1) is 8.04. The molecule has 0 fully saturated rings. The number of rotatable bonds is 6. The number of hydrogen-bond acceptors (Lipinski definition) is 3. The van der Waals surface area contributed by atoms with Crippen LogP contribution < -0.4 is 10.6 Å². The first-order valence-electron chi connectivity index (χ1n) is 6.14. The van der Waals surface area contributed by atoms with Gasteiger partial charge in [-0.15, -0.1) is 0 Å². The van der Waals surface area contributed by atoms with Crippen LogP contribution in [0.5, 0.6) is 0 Å². The summed E-state index contributed by atoms with van der Waals surface area (Å²) in [5.41, 5.74) is 9.25. The molecule has 0 aromatic heterocycles. The Labute approximate surface area is 105 Å². The van der Waals surface area contributed by atoms with Crippen LogP contribution in [0.4, 0.5) is 11.4 Å². The van der Waals surface area contributed by atoms with Crippen molar-refractivity contribution in [3.63, 3.8) is 0 Å². The molecule has 0 aliphatic carbocycles. The van der Waals surface area contributed by atoms with E-state index in [2.05, 4.69) is 37.8 Å². The van der Waals surface area contributed by atoms with Crippen LogP contribution in [0.3, 0.4) is 0 Å². The molecule has 1 rings (SSSR count). The first kappa shape index (κ1) is 13.8. The third-order valence-corrected chi connectivity index (χ3v) is 2.67. The monoisotopic (exact) mass is 236 g/mol. The number of benzene rings is 1. The summed E-state index contributed by atoms with van der Waals surface area (Å²) in [6.07, 6.45) is 0. The molecule has 2 N–H and O–H groups in total. The third-order valence-electron chi connectivity index (χ3n) is 2.67. The molecule has 0 saturated heterocycles. The second-order valence-corrected chi connectivity index (χ2v) is 4.89. The Balaban J connectivity index is 2.86. The summed E-state index contributed by atoms with van der Waals surface area (Å²) < 4.78 is 5.16. The van der Waals surface area contributed by atoms with E-state index in [1.807, 2.05) is 6.07 Å². The Morgan fingerprint density at radius 1 is 1.35 bits per heavy atom. The maximum absolute atomic E-state index is 6.09. The molecule has 0 unspecified atom stereocenters. The van der Waals surface area contributed by atoms with Crippen molar-refractivity contribution in [2.45, 2.75) is 20.8 Å². The average Bonchev–Trinajstić information content (AvgIpc) is 2.24. The highest BCUT2D eigenvalue weighted by molar-refractivity contribution is 5.68. The van der Waals surface area contributed by atoms with Gasteiger partial charge in [0.05, 0.1) is 18.0 Å². The Morgan fingerprint density at radius 3 is 2.59 bits per heavy atom. The van der Waals surface area contributed by atoms with Crippen LogP contribution in [-0.2, 0) is 4.74 Å². The lowest BCUT2D eigenvalue weighted by atomic mass is 10.1. The highest BCUT2D eigenvalue weighted by Crippen LogP contribution is 2.24. The molecule has 17 heavy (non-hydrogen) atoms. The number of nitrogen functional groups attached to an aromatic ring is 1. The topological polar surface area (TPSA) is 38.5 Å². The third kappa shape index (κ3) is 4.27. The molecule has 0 aliphatic rings. The van der Waals surface area contributed by atoms with E-state index in [1.54, 1.807) is 7.11 Å². The zero-order valence-corrected chi connectivity index (χ0v) is 11.4. The number of nitrogens with two attached hydrogens (primary N) is 1. The largest absolute Gasteiger partial charge is 0.397 e. The van der Waals surface area contributed by atoms with E-state index in [0.29, 0.717) is 5.92 Å². The fraction of sp³-hybridized carbons (Fsp3) is 0.571. The van der Waals surface area contributed by atoms with Crippen LogP contribution in [0.1, 0.15) is 19.4 Å². The van der Waals surface area contributed by atoms with Crippen LogP contribution in [-0.4, -0.2) is 26.8 Å². The first-order valence-corrected chi connectivity index (χ1v) is 6.14. The molecule has 1 aromatic carbocycles. The maximum Gasteiger partial charge on any atom is 0.0637 e. The minimum atomic E-state index is 0.604. The minimum absolute atomic E-state index is 0.604. The van der Waals surface area contributed by atoms with Crippen molar-refractivity contribution in [3.05, 3.63) is 23.8 Å². The Bertz CT molecular complexity index is 350. The van der Waals surface area contributed by atoms with E-state index in [-0.39, 0.29) is 0 Å². The summed E-state index contributed by atoms with van der Waals surface area (Å²) >= 11 is 0. The predicted molar refractivity (Wildman–Crippen MR) is 74.5 cm³/mol. The molecule has 3 heteroatoms. The number of aryl methyl sites for hydroxylation is 1. The zero-order valence-electron chi connectivity index (χ0n) is 11.4. The molecule has 0 radical (unpaired) electrons. The van der Waals surface area contributed by atoms with Crippen LogP contribution in [0.15, 0.2) is 18.2 Å². The lowest BCUT2D eigenvalue weighted by molar-refractivity contribution is 0.204. The molecule has 0 spiro atoms. The molecular formula is C14H24N2O. The fourth-order valence-corrected chi connectivity index (χ4v) is 1.91. The Morgan fingerprint density at radius 2 is 2.06 bits per heavy atom. The SMILES string of the molecule is COCCN(CC(C)C)c1ccc(C)cc1N. The van der Waals surface area contributed by atoms with E-state index in [4.69, 9.17) is 10.5 Å². The minimum Gasteiger partial charge on any atom is -0.397 e. The Hall–Kier alpha value is -1.22. The van der Waals surface area contributed by atoms with Gasteiger partial charge in [0.25, 0.3) is 0 Å². The lowest BCUT2D eigenvalue weighted by Gasteiger charge is -2.27. The van der Waals surface area contributed by atoms with Crippen molar-refractivity contribution in [1.29, 1.82) is 0 Å². The molecular weight excluding hydrogens is 212 g/mol. The molecule has 1 aromatic rings. The van der Waals surface area contributed by atoms with Crippen molar-refractivity contribution in [2.24, 2.45) is 5.92 Å². The summed E-state index contributed by atoms with van der Waals surface area (Å²) in [4.78, 5) is 2.29. The highest BCUT2D eigenvalue weighted by Gasteiger charge is 2.11. The molecule has 0 amide bonds. The molecule has 0 saturated carbocycles. The van der Waals surface area contributed by atoms with Gasteiger partial charge in [-0.2, -0.15) is 0 Å². The van der Waals surface area contributed by atoms with Crippen LogP contribution in [0.2, 0.25) is 0 Å². The van der Waals surface area contributed by atoms with Gasteiger partial charge in [-0.1, -0.05) is 19.9 Å². The predicted octanol–water partition coefficient (Wildman–Crippen LogP) is 2.69. The van der Waals surface area contributed by atoms with Crippen molar-refractivity contribution in [1.82, 2.24) is 0 Å². The van der Waals surface area contributed by atoms with Gasteiger partial charge in [0.1, 0.15) is 0 Å². The molecule has 3 nitrogen and oxygen atoms in total. The smallest absolute Gasteiger partial charge is 0.0637 e. The number of anilines is 2. The second kappa shape index (κ2) is 6.50. The maximum atomic E-state index is 6.09. The van der Waals surface area contributed by atoms with E-state index in [0.717, 1.165) is 31.1 Å². The molecule has 0 aliphatic heterocycles. The standard InChI is InChI=1S/C14H24N2O/c1-11(2)10-16(7-8-17-4)14-6-5-12(3)9-13(14)15/h5-6,9,11H,7-8,10,15H2,1-4H3. The van der Waals surface area contributed by atoms with E-state index < -0.39 is 0 Å². The van der Waals surface area contributed by atoms with Crippen LogP contribution >= 0.6 is 0 Å². The molecule has 96 valence electrons. The summed E-state index contributed by atoms with van der Waals surface area (Å²) in [7, 11) is 1.73. The highest BCUT2D eigenvalue weighted by atomic mass is 16.5. The van der Waals surface area contributed by atoms with Gasteiger partial charge < -0.3 is 15.4 Å². The molecule has 0 atom stereocenters. The van der Waals surface area contributed by atoms with Crippen LogP contribution in [0.25, 0.3) is 0 Å². The van der Waals surface area contributed by atoms with Gasteiger partial charge in [-0.3, -0.25) is 0 Å². The van der Waals surface area contributed by atoms with E-state index in [1.165, 1.54) is 5.56 Å². The number of hydrogen-bond donors (Lipinski definition) is 1. The summed E-state index contributed by atoms with van der Waals surface area (Å²) in [5.74, 6) is 0.604. The van der Waals surface area contributed by atoms with Gasteiger partial charge in [0.15, 0.2) is 0 Å². The van der Waals surface area contributed by atoms with Crippen molar-refractivity contribution >= 4 is 11.4 Å². The van der Waals surface area contributed by atoms with Crippen molar-refractivity contribution < 1.29 is 4.74 Å². The van der Waals surface area contributed by atoms with Crippen molar-refractivity contribution in [3.8, 4) is 0 Å². The lowest BCUT2D eigenvalue weighted by Crippen LogP contribution is -2.31. The van der Waals surface area contributed by atoms with E-state index in [9.17, 15) is 0 Å². The van der Waals surface area contributed by atoms with Gasteiger partial charge in [-0.25, -0.2) is 0 Å². The fourth-order valence-electron chi connectivity index (χ4n) is 1.91. The molecule has 0 heterocycles. The van der Waals surface area contributed by atoms with Gasteiger partial charge in [0.2, 0.25) is 0 Å².